The minimum atomic E-state index is -0.0947. The van der Waals surface area contributed by atoms with E-state index < -0.39 is 0 Å². The molecule has 0 bridgehead atoms. The molecule has 0 aliphatic heterocycles. The number of rotatable bonds is 6. The molecule has 0 amide bonds. The molecule has 0 aliphatic carbocycles. The van der Waals surface area contributed by atoms with Crippen LogP contribution in [0.15, 0.2) is 228 Å². The van der Waals surface area contributed by atoms with Crippen LogP contribution in [0, 0.1) is 0 Å². The SMILES string of the molecule is O=c1c2cc3c(cc2n(-c2ccccc2)c2cc(-c4ccccc4)cc(-c4ccccc4)c12)c(=O)c1c(-c2ccccc2)cc(-c2ccccc2)cc1n3-c1ccccc1. The van der Waals surface area contributed by atoms with Crippen molar-refractivity contribution in [3.8, 4) is 55.9 Å². The second-order valence-electron chi connectivity index (χ2n) is 15.2. The van der Waals surface area contributed by atoms with Gasteiger partial charge in [-0.15, -0.1) is 0 Å². The monoisotopic (exact) mass is 768 g/mol. The summed E-state index contributed by atoms with van der Waals surface area (Å²) < 4.78 is 4.33. The molecule has 2 heterocycles. The largest absolute Gasteiger partial charge is 0.309 e. The molecule has 0 unspecified atom stereocenters. The Morgan fingerprint density at radius 1 is 0.267 bits per heavy atom. The standard InChI is InChI=1S/C56H36N2O2/c59-55-47-36-50-48(56(60)54-46(40-25-13-4-14-26-40)32-42(38-21-9-2-10-22-38)34-52(54)58(50)44-29-17-6-18-30-44)35-49(47)57(43-27-15-5-16-28-43)51-33-41(37-19-7-1-8-20-37)31-45(53(51)55)39-23-11-3-12-24-39/h1-36H. The zero-order valence-corrected chi connectivity index (χ0v) is 32.5. The van der Waals surface area contributed by atoms with Gasteiger partial charge in [-0.05, 0) is 105 Å². The van der Waals surface area contributed by atoms with E-state index in [1.165, 1.54) is 0 Å². The fourth-order valence-corrected chi connectivity index (χ4v) is 8.92. The van der Waals surface area contributed by atoms with Crippen molar-refractivity contribution in [3.63, 3.8) is 0 Å². The van der Waals surface area contributed by atoms with Crippen LogP contribution in [0.3, 0.4) is 0 Å². The highest BCUT2D eigenvalue weighted by Gasteiger charge is 2.23. The van der Waals surface area contributed by atoms with Gasteiger partial charge in [-0.2, -0.15) is 0 Å². The third kappa shape index (κ3) is 5.77. The van der Waals surface area contributed by atoms with E-state index in [2.05, 4.69) is 106 Å². The quantitative estimate of drug-likeness (QED) is 0.158. The fourth-order valence-electron chi connectivity index (χ4n) is 8.92. The number of hydrogen-bond donors (Lipinski definition) is 0. The van der Waals surface area contributed by atoms with Crippen LogP contribution in [0.1, 0.15) is 0 Å². The van der Waals surface area contributed by atoms with Crippen LogP contribution in [-0.4, -0.2) is 9.13 Å². The van der Waals surface area contributed by atoms with Gasteiger partial charge >= 0.3 is 0 Å². The maximum absolute atomic E-state index is 15.5. The molecule has 0 fully saturated rings. The molecule has 0 atom stereocenters. The number of pyridine rings is 2. The van der Waals surface area contributed by atoms with Gasteiger partial charge in [-0.3, -0.25) is 9.59 Å². The van der Waals surface area contributed by atoms with Gasteiger partial charge < -0.3 is 9.13 Å². The highest BCUT2D eigenvalue weighted by Crippen LogP contribution is 2.39. The van der Waals surface area contributed by atoms with E-state index in [9.17, 15) is 0 Å². The zero-order chi connectivity index (χ0) is 40.2. The molecule has 282 valence electrons. The summed E-state index contributed by atoms with van der Waals surface area (Å²) in [6, 6.07) is 73.6. The van der Waals surface area contributed by atoms with Crippen LogP contribution < -0.4 is 10.9 Å². The van der Waals surface area contributed by atoms with E-state index in [4.69, 9.17) is 0 Å². The molecule has 0 N–H and O–H groups in total. The van der Waals surface area contributed by atoms with Crippen molar-refractivity contribution >= 4 is 43.6 Å². The molecule has 0 saturated carbocycles. The highest BCUT2D eigenvalue weighted by molar-refractivity contribution is 6.11. The topological polar surface area (TPSA) is 44.0 Å². The first-order valence-corrected chi connectivity index (χ1v) is 20.2. The average molecular weight is 769 g/mol. The number of hydrogen-bond acceptors (Lipinski definition) is 2. The molecule has 2 aromatic heterocycles. The van der Waals surface area contributed by atoms with Crippen molar-refractivity contribution < 1.29 is 0 Å². The molecule has 0 spiro atoms. The third-order valence-corrected chi connectivity index (χ3v) is 11.7. The van der Waals surface area contributed by atoms with E-state index in [0.717, 1.165) is 66.9 Å². The number of benzene rings is 9. The Morgan fingerprint density at radius 2 is 0.567 bits per heavy atom. The Hall–Kier alpha value is -8.08. The zero-order valence-electron chi connectivity index (χ0n) is 32.5. The second-order valence-corrected chi connectivity index (χ2v) is 15.2. The lowest BCUT2D eigenvalue weighted by Crippen LogP contribution is -2.16. The van der Waals surface area contributed by atoms with Crippen LogP contribution in [0.5, 0.6) is 0 Å². The van der Waals surface area contributed by atoms with Gasteiger partial charge in [0, 0.05) is 22.1 Å². The van der Waals surface area contributed by atoms with E-state index in [1.54, 1.807) is 0 Å². The first kappa shape index (κ1) is 35.1. The predicted molar refractivity (Wildman–Crippen MR) is 249 cm³/mol. The number of nitrogens with zero attached hydrogens (tertiary/aromatic N) is 2. The lowest BCUT2D eigenvalue weighted by Gasteiger charge is -2.22. The smallest absolute Gasteiger partial charge is 0.197 e. The van der Waals surface area contributed by atoms with Gasteiger partial charge in [0.2, 0.25) is 0 Å². The summed E-state index contributed by atoms with van der Waals surface area (Å²) >= 11 is 0. The summed E-state index contributed by atoms with van der Waals surface area (Å²) in [5, 5.41) is 2.27. The number of fused-ring (bicyclic) bond motifs is 4. The van der Waals surface area contributed by atoms with Gasteiger partial charge in [-0.1, -0.05) is 158 Å². The Morgan fingerprint density at radius 3 is 0.900 bits per heavy atom. The summed E-state index contributed by atoms with van der Waals surface area (Å²) in [7, 11) is 0. The minimum absolute atomic E-state index is 0.0947. The van der Waals surface area contributed by atoms with Crippen molar-refractivity contribution in [3.05, 3.63) is 239 Å². The molecule has 9 aromatic carbocycles. The van der Waals surface area contributed by atoms with Crippen LogP contribution in [0.25, 0.3) is 99.5 Å². The summed E-state index contributed by atoms with van der Waals surface area (Å²) in [5.74, 6) is 0. The normalized spacial score (nSPS) is 11.5. The van der Waals surface area contributed by atoms with Crippen molar-refractivity contribution in [2.45, 2.75) is 0 Å². The van der Waals surface area contributed by atoms with Gasteiger partial charge in [0.05, 0.1) is 32.8 Å². The van der Waals surface area contributed by atoms with Crippen LogP contribution in [0.2, 0.25) is 0 Å². The predicted octanol–water partition coefficient (Wildman–Crippen LogP) is 13.3. The summed E-state index contributed by atoms with van der Waals surface area (Å²) in [6.45, 7) is 0. The van der Waals surface area contributed by atoms with Crippen LogP contribution in [0.4, 0.5) is 0 Å². The van der Waals surface area contributed by atoms with Crippen molar-refractivity contribution in [1.82, 2.24) is 9.13 Å². The second kappa shape index (κ2) is 14.4. The van der Waals surface area contributed by atoms with Gasteiger partial charge in [-0.25, -0.2) is 0 Å². The summed E-state index contributed by atoms with van der Waals surface area (Å²) in [6.07, 6.45) is 0. The molecular formula is C56H36N2O2. The molecule has 11 rings (SSSR count). The Kier molecular flexibility index (Phi) is 8.42. The Labute approximate surface area is 346 Å². The number of aromatic nitrogens is 2. The number of para-hydroxylation sites is 2. The molecule has 4 nitrogen and oxygen atoms in total. The van der Waals surface area contributed by atoms with E-state index in [0.29, 0.717) is 32.6 Å². The third-order valence-electron chi connectivity index (χ3n) is 11.7. The molecule has 60 heavy (non-hydrogen) atoms. The van der Waals surface area contributed by atoms with Gasteiger partial charge in [0.1, 0.15) is 0 Å². The van der Waals surface area contributed by atoms with Crippen LogP contribution in [-0.2, 0) is 0 Å². The minimum Gasteiger partial charge on any atom is -0.309 e. The van der Waals surface area contributed by atoms with E-state index >= 15 is 9.59 Å². The Balaban J connectivity index is 1.37. The first-order chi connectivity index (χ1) is 29.6. The molecule has 11 aromatic rings. The lowest BCUT2D eigenvalue weighted by atomic mass is 9.92. The Bertz CT molecular complexity index is 3290. The molecule has 0 aliphatic rings. The van der Waals surface area contributed by atoms with Gasteiger partial charge in [0.15, 0.2) is 10.9 Å². The molecule has 0 radical (unpaired) electrons. The van der Waals surface area contributed by atoms with Crippen molar-refractivity contribution in [2.24, 2.45) is 0 Å². The first-order valence-electron chi connectivity index (χ1n) is 20.2. The maximum atomic E-state index is 15.5. The average Bonchev–Trinajstić information content (AvgIpc) is 3.32. The van der Waals surface area contributed by atoms with Gasteiger partial charge in [0.25, 0.3) is 0 Å². The maximum Gasteiger partial charge on any atom is 0.197 e. The molecular weight excluding hydrogens is 733 g/mol. The van der Waals surface area contributed by atoms with E-state index in [-0.39, 0.29) is 10.9 Å². The molecule has 4 heteroatoms. The highest BCUT2D eigenvalue weighted by atomic mass is 16.1. The van der Waals surface area contributed by atoms with Crippen LogP contribution >= 0.6 is 0 Å². The van der Waals surface area contributed by atoms with Crippen molar-refractivity contribution in [2.75, 3.05) is 0 Å². The summed E-state index contributed by atoms with van der Waals surface area (Å²) in [5.41, 5.74) is 12.1. The summed E-state index contributed by atoms with van der Waals surface area (Å²) in [4.78, 5) is 31.1. The molecule has 0 saturated heterocycles. The lowest BCUT2D eigenvalue weighted by molar-refractivity contribution is 1.15. The fraction of sp³-hybridized carbons (Fsp3) is 0. The van der Waals surface area contributed by atoms with E-state index in [1.807, 2.05) is 121 Å². The van der Waals surface area contributed by atoms with Crippen molar-refractivity contribution in [1.29, 1.82) is 0 Å².